The number of halogens is 1. The third kappa shape index (κ3) is 2.45. The standard InChI is InChI=1S/C14H15FN2/c1-17(13-8-6-12(15)7-9-13)14-5-3-2-4-11(14)10-16/h2-9H,10,16H2,1H3. The molecule has 0 bridgehead atoms. The molecule has 0 amide bonds. The Labute approximate surface area is 100 Å². The van der Waals surface area contributed by atoms with Gasteiger partial charge in [0.25, 0.3) is 0 Å². The minimum absolute atomic E-state index is 0.228. The first kappa shape index (κ1) is 11.6. The average molecular weight is 230 g/mol. The highest BCUT2D eigenvalue weighted by Crippen LogP contribution is 2.26. The van der Waals surface area contributed by atoms with Gasteiger partial charge in [0.2, 0.25) is 0 Å². The van der Waals surface area contributed by atoms with E-state index in [9.17, 15) is 4.39 Å². The number of nitrogens with two attached hydrogens (primary N) is 1. The molecule has 0 saturated heterocycles. The van der Waals surface area contributed by atoms with Crippen molar-refractivity contribution >= 4 is 11.4 Å². The summed E-state index contributed by atoms with van der Waals surface area (Å²) in [6, 6.07) is 14.3. The van der Waals surface area contributed by atoms with Crippen molar-refractivity contribution in [2.45, 2.75) is 6.54 Å². The lowest BCUT2D eigenvalue weighted by Crippen LogP contribution is -2.13. The van der Waals surface area contributed by atoms with Gasteiger partial charge in [0.05, 0.1) is 0 Å². The monoisotopic (exact) mass is 230 g/mol. The molecule has 2 rings (SSSR count). The molecular weight excluding hydrogens is 215 g/mol. The molecule has 2 aromatic carbocycles. The van der Waals surface area contributed by atoms with Crippen LogP contribution in [0.3, 0.4) is 0 Å². The van der Waals surface area contributed by atoms with Crippen molar-refractivity contribution in [3.63, 3.8) is 0 Å². The molecule has 0 unspecified atom stereocenters. The molecule has 0 saturated carbocycles. The quantitative estimate of drug-likeness (QED) is 0.878. The summed E-state index contributed by atoms with van der Waals surface area (Å²) in [4.78, 5) is 2.00. The lowest BCUT2D eigenvalue weighted by atomic mass is 10.1. The fourth-order valence-electron chi connectivity index (χ4n) is 1.81. The fourth-order valence-corrected chi connectivity index (χ4v) is 1.81. The maximum absolute atomic E-state index is 12.9. The molecule has 0 radical (unpaired) electrons. The van der Waals surface area contributed by atoms with E-state index in [0.29, 0.717) is 6.54 Å². The van der Waals surface area contributed by atoms with Crippen LogP contribution >= 0.6 is 0 Å². The third-order valence-corrected chi connectivity index (χ3v) is 2.79. The van der Waals surface area contributed by atoms with E-state index in [0.717, 1.165) is 16.9 Å². The van der Waals surface area contributed by atoms with Crippen molar-refractivity contribution in [3.8, 4) is 0 Å². The van der Waals surface area contributed by atoms with Crippen molar-refractivity contribution < 1.29 is 4.39 Å². The zero-order valence-corrected chi connectivity index (χ0v) is 9.73. The molecule has 0 aromatic heterocycles. The van der Waals surface area contributed by atoms with Crippen LogP contribution in [0.4, 0.5) is 15.8 Å². The highest BCUT2D eigenvalue weighted by Gasteiger charge is 2.07. The van der Waals surface area contributed by atoms with Crippen LogP contribution in [-0.4, -0.2) is 7.05 Å². The van der Waals surface area contributed by atoms with E-state index in [1.807, 2.05) is 36.2 Å². The zero-order chi connectivity index (χ0) is 12.3. The molecule has 0 atom stereocenters. The summed E-state index contributed by atoms with van der Waals surface area (Å²) in [6.45, 7) is 0.488. The third-order valence-electron chi connectivity index (χ3n) is 2.79. The van der Waals surface area contributed by atoms with Crippen LogP contribution in [0.5, 0.6) is 0 Å². The zero-order valence-electron chi connectivity index (χ0n) is 9.73. The topological polar surface area (TPSA) is 29.3 Å². The van der Waals surface area contributed by atoms with Crippen molar-refractivity contribution in [1.29, 1.82) is 0 Å². The van der Waals surface area contributed by atoms with E-state index in [1.54, 1.807) is 12.1 Å². The Morgan fingerprint density at radius 3 is 2.35 bits per heavy atom. The molecule has 0 fully saturated rings. The number of hydrogen-bond donors (Lipinski definition) is 1. The number of nitrogens with zero attached hydrogens (tertiary/aromatic N) is 1. The normalized spacial score (nSPS) is 10.3. The number of hydrogen-bond acceptors (Lipinski definition) is 2. The van der Waals surface area contributed by atoms with Gasteiger partial charge in [0.1, 0.15) is 5.82 Å². The summed E-state index contributed by atoms with van der Waals surface area (Å²) >= 11 is 0. The Kier molecular flexibility index (Phi) is 3.40. The van der Waals surface area contributed by atoms with Crippen molar-refractivity contribution in [2.24, 2.45) is 5.73 Å². The summed E-state index contributed by atoms with van der Waals surface area (Å²) in [5.41, 5.74) is 8.75. The Bertz CT molecular complexity index is 494. The summed E-state index contributed by atoms with van der Waals surface area (Å²) in [5.74, 6) is -0.228. The van der Waals surface area contributed by atoms with Gasteiger partial charge >= 0.3 is 0 Å². The van der Waals surface area contributed by atoms with E-state index >= 15 is 0 Å². The fraction of sp³-hybridized carbons (Fsp3) is 0.143. The summed E-state index contributed by atoms with van der Waals surface area (Å²) in [5, 5.41) is 0. The molecule has 0 aliphatic carbocycles. The van der Waals surface area contributed by atoms with Crippen LogP contribution in [0, 0.1) is 5.82 Å². The summed E-state index contributed by atoms with van der Waals surface area (Å²) in [7, 11) is 1.95. The van der Waals surface area contributed by atoms with Gasteiger partial charge in [-0.2, -0.15) is 0 Å². The van der Waals surface area contributed by atoms with Gasteiger partial charge in [-0.3, -0.25) is 0 Å². The molecule has 0 aliphatic rings. The first-order chi connectivity index (χ1) is 8.22. The predicted octanol–water partition coefficient (Wildman–Crippen LogP) is 3.05. The first-order valence-electron chi connectivity index (χ1n) is 5.49. The first-order valence-corrected chi connectivity index (χ1v) is 5.49. The Balaban J connectivity index is 2.36. The van der Waals surface area contributed by atoms with Crippen LogP contribution in [0.1, 0.15) is 5.56 Å². The molecular formula is C14H15FN2. The van der Waals surface area contributed by atoms with Crippen molar-refractivity contribution in [2.75, 3.05) is 11.9 Å². The minimum atomic E-state index is -0.228. The van der Waals surface area contributed by atoms with E-state index in [1.165, 1.54) is 12.1 Å². The molecule has 17 heavy (non-hydrogen) atoms. The van der Waals surface area contributed by atoms with Crippen molar-refractivity contribution in [3.05, 3.63) is 59.9 Å². The average Bonchev–Trinajstić information content (AvgIpc) is 2.39. The van der Waals surface area contributed by atoms with Crippen LogP contribution in [0.25, 0.3) is 0 Å². The van der Waals surface area contributed by atoms with Crippen LogP contribution in [0.15, 0.2) is 48.5 Å². The molecule has 2 aromatic rings. The maximum Gasteiger partial charge on any atom is 0.123 e. The maximum atomic E-state index is 12.9. The van der Waals surface area contributed by atoms with Gasteiger partial charge in [0, 0.05) is 25.0 Å². The molecule has 0 aliphatic heterocycles. The summed E-state index contributed by atoms with van der Waals surface area (Å²) in [6.07, 6.45) is 0. The highest BCUT2D eigenvalue weighted by atomic mass is 19.1. The Hall–Kier alpha value is -1.87. The lowest BCUT2D eigenvalue weighted by molar-refractivity contribution is 0.628. The predicted molar refractivity (Wildman–Crippen MR) is 68.8 cm³/mol. The van der Waals surface area contributed by atoms with Gasteiger partial charge in [-0.15, -0.1) is 0 Å². The van der Waals surface area contributed by atoms with Gasteiger partial charge in [-0.1, -0.05) is 18.2 Å². The Morgan fingerprint density at radius 2 is 1.71 bits per heavy atom. The number of para-hydroxylation sites is 1. The van der Waals surface area contributed by atoms with E-state index in [2.05, 4.69) is 0 Å². The molecule has 0 heterocycles. The number of anilines is 2. The number of rotatable bonds is 3. The van der Waals surface area contributed by atoms with E-state index < -0.39 is 0 Å². The second kappa shape index (κ2) is 4.97. The van der Waals surface area contributed by atoms with E-state index in [4.69, 9.17) is 5.73 Å². The van der Waals surface area contributed by atoms with Gasteiger partial charge in [0.15, 0.2) is 0 Å². The molecule has 2 nitrogen and oxygen atoms in total. The lowest BCUT2D eigenvalue weighted by Gasteiger charge is -2.22. The molecule has 88 valence electrons. The smallest absolute Gasteiger partial charge is 0.123 e. The van der Waals surface area contributed by atoms with Crippen LogP contribution in [0.2, 0.25) is 0 Å². The Morgan fingerprint density at radius 1 is 1.06 bits per heavy atom. The molecule has 3 heteroatoms. The largest absolute Gasteiger partial charge is 0.344 e. The highest BCUT2D eigenvalue weighted by molar-refractivity contribution is 5.65. The van der Waals surface area contributed by atoms with E-state index in [-0.39, 0.29) is 5.82 Å². The minimum Gasteiger partial charge on any atom is -0.344 e. The molecule has 0 spiro atoms. The number of benzene rings is 2. The SMILES string of the molecule is CN(c1ccc(F)cc1)c1ccccc1CN. The second-order valence-electron chi connectivity index (χ2n) is 3.87. The summed E-state index contributed by atoms with van der Waals surface area (Å²) < 4.78 is 12.9. The van der Waals surface area contributed by atoms with Gasteiger partial charge < -0.3 is 10.6 Å². The van der Waals surface area contributed by atoms with Crippen LogP contribution < -0.4 is 10.6 Å². The van der Waals surface area contributed by atoms with Crippen LogP contribution in [-0.2, 0) is 6.54 Å². The molecule has 2 N–H and O–H groups in total. The van der Waals surface area contributed by atoms with Gasteiger partial charge in [-0.25, -0.2) is 4.39 Å². The van der Waals surface area contributed by atoms with Crippen molar-refractivity contribution in [1.82, 2.24) is 0 Å². The van der Waals surface area contributed by atoms with Gasteiger partial charge in [-0.05, 0) is 35.9 Å². The second-order valence-corrected chi connectivity index (χ2v) is 3.87.